The van der Waals surface area contributed by atoms with Crippen LogP contribution in [0.2, 0.25) is 0 Å². The van der Waals surface area contributed by atoms with Crippen LogP contribution >= 0.6 is 0 Å². The predicted molar refractivity (Wildman–Crippen MR) is 62.1 cm³/mol. The third-order valence-corrected chi connectivity index (χ3v) is 1.91. The second-order valence-corrected chi connectivity index (χ2v) is 3.30. The second kappa shape index (κ2) is 7.07. The molecule has 0 aliphatic heterocycles. The molecule has 0 spiro atoms. The molecule has 0 fully saturated rings. The summed E-state index contributed by atoms with van der Waals surface area (Å²) in [5.41, 5.74) is 1.18. The van der Waals surface area contributed by atoms with Crippen LogP contribution in [0.3, 0.4) is 0 Å². The fourth-order valence-electron chi connectivity index (χ4n) is 1.17. The van der Waals surface area contributed by atoms with Gasteiger partial charge in [-0.25, -0.2) is 0 Å². The van der Waals surface area contributed by atoms with Crippen molar-refractivity contribution in [2.45, 2.75) is 20.0 Å². The summed E-state index contributed by atoms with van der Waals surface area (Å²) in [6.07, 6.45) is 2.79. The van der Waals surface area contributed by atoms with Gasteiger partial charge in [0.15, 0.2) is 0 Å². The molecule has 0 aromatic heterocycles. The van der Waals surface area contributed by atoms with Crippen LogP contribution in [-0.4, -0.2) is 13.2 Å². The van der Waals surface area contributed by atoms with Crippen molar-refractivity contribution in [3.8, 4) is 5.75 Å². The van der Waals surface area contributed by atoms with Gasteiger partial charge in [-0.05, 0) is 24.1 Å². The standard InChI is InChI=1S/C13H18O2/c1-3-9-14-11-12-5-7-13(8-6-12)15-10-4-2/h4-8H,2-3,9-11H2,1H3. The van der Waals surface area contributed by atoms with Gasteiger partial charge in [0, 0.05) is 6.61 Å². The Labute approximate surface area is 91.5 Å². The normalized spacial score (nSPS) is 9.93. The molecule has 0 bridgehead atoms. The van der Waals surface area contributed by atoms with Crippen molar-refractivity contribution >= 4 is 0 Å². The van der Waals surface area contributed by atoms with E-state index in [1.165, 1.54) is 5.56 Å². The van der Waals surface area contributed by atoms with Crippen molar-refractivity contribution in [3.63, 3.8) is 0 Å². The lowest BCUT2D eigenvalue weighted by atomic mass is 10.2. The molecule has 0 heterocycles. The van der Waals surface area contributed by atoms with Crippen LogP contribution in [0.25, 0.3) is 0 Å². The molecule has 0 radical (unpaired) electrons. The zero-order valence-electron chi connectivity index (χ0n) is 9.24. The van der Waals surface area contributed by atoms with Gasteiger partial charge in [-0.1, -0.05) is 31.7 Å². The van der Waals surface area contributed by atoms with Crippen molar-refractivity contribution in [2.75, 3.05) is 13.2 Å². The third kappa shape index (κ3) is 4.66. The molecule has 0 aliphatic carbocycles. The molecule has 0 aliphatic rings. The van der Waals surface area contributed by atoms with Crippen molar-refractivity contribution in [2.24, 2.45) is 0 Å². The highest BCUT2D eigenvalue weighted by atomic mass is 16.5. The molecule has 0 saturated carbocycles. The summed E-state index contributed by atoms with van der Waals surface area (Å²) in [5.74, 6) is 0.870. The van der Waals surface area contributed by atoms with E-state index < -0.39 is 0 Å². The van der Waals surface area contributed by atoms with Crippen LogP contribution < -0.4 is 4.74 Å². The number of hydrogen-bond donors (Lipinski definition) is 0. The minimum atomic E-state index is 0.547. The van der Waals surface area contributed by atoms with Gasteiger partial charge < -0.3 is 9.47 Å². The van der Waals surface area contributed by atoms with Gasteiger partial charge in [0.2, 0.25) is 0 Å². The Balaban J connectivity index is 2.38. The van der Waals surface area contributed by atoms with Gasteiger partial charge in [-0.15, -0.1) is 0 Å². The summed E-state index contributed by atoms with van der Waals surface area (Å²) >= 11 is 0. The van der Waals surface area contributed by atoms with E-state index in [4.69, 9.17) is 9.47 Å². The molecular weight excluding hydrogens is 188 g/mol. The number of ether oxygens (including phenoxy) is 2. The molecule has 0 amide bonds. The molecule has 1 aromatic carbocycles. The van der Waals surface area contributed by atoms with E-state index in [-0.39, 0.29) is 0 Å². The Morgan fingerprint density at radius 1 is 1.27 bits per heavy atom. The average Bonchev–Trinajstić information content (AvgIpc) is 2.28. The highest BCUT2D eigenvalue weighted by molar-refractivity contribution is 5.26. The first-order valence-corrected chi connectivity index (χ1v) is 5.27. The lowest BCUT2D eigenvalue weighted by molar-refractivity contribution is 0.121. The Morgan fingerprint density at radius 2 is 2.00 bits per heavy atom. The van der Waals surface area contributed by atoms with E-state index in [1.807, 2.05) is 24.3 Å². The van der Waals surface area contributed by atoms with E-state index in [1.54, 1.807) is 6.08 Å². The number of hydrogen-bond acceptors (Lipinski definition) is 2. The van der Waals surface area contributed by atoms with Gasteiger partial charge >= 0.3 is 0 Å². The molecule has 2 heteroatoms. The monoisotopic (exact) mass is 206 g/mol. The quantitative estimate of drug-likeness (QED) is 0.504. The first-order chi connectivity index (χ1) is 7.36. The van der Waals surface area contributed by atoms with E-state index in [9.17, 15) is 0 Å². The van der Waals surface area contributed by atoms with Crippen LogP contribution in [0.5, 0.6) is 5.75 Å². The van der Waals surface area contributed by atoms with Crippen LogP contribution in [-0.2, 0) is 11.3 Å². The summed E-state index contributed by atoms with van der Waals surface area (Å²) in [4.78, 5) is 0. The molecule has 0 N–H and O–H groups in total. The predicted octanol–water partition coefficient (Wildman–Crippen LogP) is 3.18. The van der Waals surface area contributed by atoms with Crippen molar-refractivity contribution in [3.05, 3.63) is 42.5 Å². The Morgan fingerprint density at radius 3 is 2.60 bits per heavy atom. The summed E-state index contributed by atoms with van der Waals surface area (Å²) in [5, 5.41) is 0. The molecule has 82 valence electrons. The molecule has 0 saturated heterocycles. The lowest BCUT2D eigenvalue weighted by Gasteiger charge is -2.05. The Kier molecular flexibility index (Phi) is 5.56. The summed E-state index contributed by atoms with van der Waals surface area (Å²) in [7, 11) is 0. The third-order valence-electron chi connectivity index (χ3n) is 1.91. The molecule has 2 nitrogen and oxygen atoms in total. The highest BCUT2D eigenvalue weighted by Crippen LogP contribution is 2.12. The molecule has 0 atom stereocenters. The minimum Gasteiger partial charge on any atom is -0.490 e. The van der Waals surface area contributed by atoms with Gasteiger partial charge in [-0.3, -0.25) is 0 Å². The average molecular weight is 206 g/mol. The maximum Gasteiger partial charge on any atom is 0.119 e. The molecular formula is C13H18O2. The first kappa shape index (κ1) is 11.8. The van der Waals surface area contributed by atoms with E-state index >= 15 is 0 Å². The smallest absolute Gasteiger partial charge is 0.119 e. The zero-order valence-corrected chi connectivity index (χ0v) is 9.24. The Hall–Kier alpha value is -1.28. The van der Waals surface area contributed by atoms with Crippen LogP contribution in [0, 0.1) is 0 Å². The SMILES string of the molecule is C=CCOc1ccc(COCCC)cc1. The van der Waals surface area contributed by atoms with E-state index in [0.29, 0.717) is 13.2 Å². The Bertz CT molecular complexity index is 277. The summed E-state index contributed by atoms with van der Waals surface area (Å²) in [6, 6.07) is 7.95. The molecule has 1 aromatic rings. The topological polar surface area (TPSA) is 18.5 Å². The van der Waals surface area contributed by atoms with Crippen LogP contribution in [0.15, 0.2) is 36.9 Å². The van der Waals surface area contributed by atoms with Gasteiger partial charge in [0.1, 0.15) is 12.4 Å². The number of rotatable bonds is 7. The highest BCUT2D eigenvalue weighted by Gasteiger charge is 1.94. The van der Waals surface area contributed by atoms with Crippen molar-refractivity contribution in [1.82, 2.24) is 0 Å². The fourth-order valence-corrected chi connectivity index (χ4v) is 1.17. The van der Waals surface area contributed by atoms with E-state index in [2.05, 4.69) is 13.5 Å². The van der Waals surface area contributed by atoms with Crippen LogP contribution in [0.4, 0.5) is 0 Å². The molecule has 1 rings (SSSR count). The van der Waals surface area contributed by atoms with Crippen LogP contribution in [0.1, 0.15) is 18.9 Å². The van der Waals surface area contributed by atoms with Crippen molar-refractivity contribution in [1.29, 1.82) is 0 Å². The maximum atomic E-state index is 5.43. The molecule has 0 unspecified atom stereocenters. The lowest BCUT2D eigenvalue weighted by Crippen LogP contribution is -1.95. The fraction of sp³-hybridized carbons (Fsp3) is 0.385. The zero-order chi connectivity index (χ0) is 10.9. The number of benzene rings is 1. The summed E-state index contributed by atoms with van der Waals surface area (Å²) in [6.45, 7) is 7.74. The van der Waals surface area contributed by atoms with Crippen molar-refractivity contribution < 1.29 is 9.47 Å². The second-order valence-electron chi connectivity index (χ2n) is 3.30. The molecule has 15 heavy (non-hydrogen) atoms. The maximum absolute atomic E-state index is 5.43. The van der Waals surface area contributed by atoms with Gasteiger partial charge in [0.05, 0.1) is 6.61 Å². The van der Waals surface area contributed by atoms with Gasteiger partial charge in [0.25, 0.3) is 0 Å². The first-order valence-electron chi connectivity index (χ1n) is 5.27. The van der Waals surface area contributed by atoms with E-state index in [0.717, 1.165) is 18.8 Å². The largest absolute Gasteiger partial charge is 0.490 e. The minimum absolute atomic E-state index is 0.547. The van der Waals surface area contributed by atoms with Gasteiger partial charge in [-0.2, -0.15) is 0 Å². The summed E-state index contributed by atoms with van der Waals surface area (Å²) < 4.78 is 10.8.